The summed E-state index contributed by atoms with van der Waals surface area (Å²) in [6.07, 6.45) is 8.87. The van der Waals surface area contributed by atoms with Crippen LogP contribution in [0.3, 0.4) is 0 Å². The van der Waals surface area contributed by atoms with Gasteiger partial charge in [-0.3, -0.25) is 9.59 Å². The van der Waals surface area contributed by atoms with Crippen LogP contribution in [0, 0.1) is 11.8 Å². The highest BCUT2D eigenvalue weighted by atomic mass is 79.9. The number of fused-ring (bicyclic) bond motifs is 2. The van der Waals surface area contributed by atoms with Gasteiger partial charge in [-0.15, -0.1) is 0 Å². The van der Waals surface area contributed by atoms with E-state index in [1.165, 1.54) is 0 Å². The topological polar surface area (TPSA) is 40.6 Å². The number of unbranched alkanes of at least 4 members (excludes halogenated alkanes) is 2. The molecule has 0 N–H and O–H groups in total. The number of amides is 2. The summed E-state index contributed by atoms with van der Waals surface area (Å²) in [5.41, 5.74) is 4.63. The van der Waals surface area contributed by atoms with E-state index in [1.54, 1.807) is 0 Å². The Labute approximate surface area is 245 Å². The molecule has 2 amide bonds. The smallest absolute Gasteiger partial charge is 0.259 e. The maximum atomic E-state index is 14.2. The molecule has 0 aromatic heterocycles. The molecule has 204 valence electrons. The number of hydrogen-bond donors (Lipinski definition) is 0. The van der Waals surface area contributed by atoms with Crippen LogP contribution in [0.5, 0.6) is 0 Å². The Kier molecular flexibility index (Phi) is 9.91. The molecule has 0 radical (unpaired) electrons. The quantitative estimate of drug-likeness (QED) is 0.216. The summed E-state index contributed by atoms with van der Waals surface area (Å²) in [6.45, 7) is 10.2. The first-order chi connectivity index (χ1) is 18.3. The van der Waals surface area contributed by atoms with Crippen molar-refractivity contribution >= 4 is 66.2 Å². The van der Waals surface area contributed by atoms with Crippen LogP contribution in [0.25, 0.3) is 11.1 Å². The zero-order valence-corrected chi connectivity index (χ0v) is 26.3. The second-order valence-electron chi connectivity index (χ2n) is 10.7. The number of hydrogen-bond acceptors (Lipinski definition) is 2. The maximum Gasteiger partial charge on any atom is 0.259 e. The Morgan fingerprint density at radius 2 is 1.05 bits per heavy atom. The molecule has 0 unspecified atom stereocenters. The molecule has 2 aliphatic rings. The average molecular weight is 644 g/mol. The molecule has 0 saturated heterocycles. The van der Waals surface area contributed by atoms with Gasteiger partial charge in [-0.25, -0.2) is 0 Å². The van der Waals surface area contributed by atoms with Crippen molar-refractivity contribution in [3.8, 4) is 0 Å². The van der Waals surface area contributed by atoms with Crippen molar-refractivity contribution in [3.63, 3.8) is 0 Å². The summed E-state index contributed by atoms with van der Waals surface area (Å²) in [7, 11) is 0. The Hall–Kier alpha value is -1.92. The third kappa shape index (κ3) is 5.82. The van der Waals surface area contributed by atoms with Crippen molar-refractivity contribution in [2.45, 2.75) is 79.1 Å². The van der Waals surface area contributed by atoms with Gasteiger partial charge in [0.2, 0.25) is 0 Å². The lowest BCUT2D eigenvalue weighted by atomic mass is 9.96. The van der Waals surface area contributed by atoms with E-state index in [4.69, 9.17) is 0 Å². The van der Waals surface area contributed by atoms with Crippen LogP contribution in [0.1, 0.15) is 90.2 Å². The number of carbonyl (C=O) groups excluding carboxylic acids is 2. The third-order valence-electron chi connectivity index (χ3n) is 8.18. The van der Waals surface area contributed by atoms with Gasteiger partial charge in [-0.1, -0.05) is 110 Å². The Bertz CT molecular complexity index is 1130. The van der Waals surface area contributed by atoms with E-state index in [1.807, 2.05) is 46.2 Å². The van der Waals surface area contributed by atoms with E-state index in [0.717, 1.165) is 82.8 Å². The fourth-order valence-electron chi connectivity index (χ4n) is 5.79. The SMILES string of the molecule is CCCC[C@@H](CC)CN1C(=O)/C(=C2/C(=O)N(C[C@@H](CC)CCCC)c3cc(Br)ccc32)c2ccc(Br)cc21. The fourth-order valence-corrected chi connectivity index (χ4v) is 6.49. The number of rotatable bonds is 12. The van der Waals surface area contributed by atoms with Crippen LogP contribution in [0.2, 0.25) is 0 Å². The zero-order valence-electron chi connectivity index (χ0n) is 23.2. The molecule has 0 aliphatic carbocycles. The molecule has 4 rings (SSSR count). The lowest BCUT2D eigenvalue weighted by molar-refractivity contribution is -0.114. The van der Waals surface area contributed by atoms with Crippen molar-refractivity contribution in [1.29, 1.82) is 0 Å². The van der Waals surface area contributed by atoms with Gasteiger partial charge in [0.1, 0.15) is 0 Å². The molecular weight excluding hydrogens is 604 g/mol. The van der Waals surface area contributed by atoms with E-state index in [-0.39, 0.29) is 11.8 Å². The Morgan fingerprint density at radius 1 is 0.658 bits per heavy atom. The van der Waals surface area contributed by atoms with Gasteiger partial charge in [0.25, 0.3) is 11.8 Å². The molecule has 0 bridgehead atoms. The molecular formula is C32H40Br2N2O2. The highest BCUT2D eigenvalue weighted by molar-refractivity contribution is 9.10. The lowest BCUT2D eigenvalue weighted by Crippen LogP contribution is -2.34. The molecule has 6 heteroatoms. The van der Waals surface area contributed by atoms with Crippen LogP contribution in [0.4, 0.5) is 11.4 Å². The minimum atomic E-state index is -0.0508. The molecule has 2 aliphatic heterocycles. The van der Waals surface area contributed by atoms with Crippen molar-refractivity contribution in [2.24, 2.45) is 11.8 Å². The van der Waals surface area contributed by atoms with Gasteiger partial charge >= 0.3 is 0 Å². The Balaban J connectivity index is 1.81. The van der Waals surface area contributed by atoms with E-state index >= 15 is 0 Å². The summed E-state index contributed by atoms with van der Waals surface area (Å²) < 4.78 is 1.87. The van der Waals surface area contributed by atoms with Crippen molar-refractivity contribution in [3.05, 3.63) is 56.5 Å². The predicted octanol–water partition coefficient (Wildman–Crippen LogP) is 9.25. The lowest BCUT2D eigenvalue weighted by Gasteiger charge is -2.24. The van der Waals surface area contributed by atoms with Crippen LogP contribution < -0.4 is 9.80 Å². The van der Waals surface area contributed by atoms with E-state index < -0.39 is 0 Å². The minimum absolute atomic E-state index is 0.0508. The van der Waals surface area contributed by atoms with Crippen LogP contribution in [-0.4, -0.2) is 24.9 Å². The van der Waals surface area contributed by atoms with Gasteiger partial charge in [0, 0.05) is 33.2 Å². The first kappa shape index (κ1) is 29.1. The third-order valence-corrected chi connectivity index (χ3v) is 9.16. The fraction of sp³-hybridized carbons (Fsp3) is 0.500. The van der Waals surface area contributed by atoms with Gasteiger partial charge in [-0.05, 0) is 48.9 Å². The summed E-state index contributed by atoms with van der Waals surface area (Å²) in [4.78, 5) is 32.3. The largest absolute Gasteiger partial charge is 0.307 e. The zero-order chi connectivity index (χ0) is 27.4. The first-order valence-electron chi connectivity index (χ1n) is 14.3. The van der Waals surface area contributed by atoms with Crippen LogP contribution in [-0.2, 0) is 9.59 Å². The highest BCUT2D eigenvalue weighted by Crippen LogP contribution is 2.48. The summed E-state index contributed by atoms with van der Waals surface area (Å²) in [6, 6.07) is 12.0. The molecule has 2 heterocycles. The molecule has 2 aromatic rings. The normalized spacial score (nSPS) is 18.3. The number of benzene rings is 2. The van der Waals surface area contributed by atoms with Gasteiger partial charge < -0.3 is 9.80 Å². The highest BCUT2D eigenvalue weighted by Gasteiger charge is 2.42. The van der Waals surface area contributed by atoms with Crippen molar-refractivity contribution < 1.29 is 9.59 Å². The molecule has 38 heavy (non-hydrogen) atoms. The van der Waals surface area contributed by atoms with Crippen LogP contribution in [0.15, 0.2) is 45.3 Å². The molecule has 0 spiro atoms. The second kappa shape index (κ2) is 13.0. The predicted molar refractivity (Wildman–Crippen MR) is 166 cm³/mol. The summed E-state index contributed by atoms with van der Waals surface area (Å²) >= 11 is 7.23. The van der Waals surface area contributed by atoms with Crippen molar-refractivity contribution in [2.75, 3.05) is 22.9 Å². The summed E-state index contributed by atoms with van der Waals surface area (Å²) in [5.74, 6) is 0.756. The first-order valence-corrected chi connectivity index (χ1v) is 15.9. The van der Waals surface area contributed by atoms with Gasteiger partial charge in [-0.2, -0.15) is 0 Å². The van der Waals surface area contributed by atoms with E-state index in [2.05, 4.69) is 59.6 Å². The number of carbonyl (C=O) groups is 2. The molecule has 0 fully saturated rings. The Morgan fingerprint density at radius 3 is 1.39 bits per heavy atom. The molecule has 2 atom stereocenters. The van der Waals surface area contributed by atoms with Gasteiger partial charge in [0.15, 0.2) is 0 Å². The maximum absolute atomic E-state index is 14.2. The number of nitrogens with zero attached hydrogens (tertiary/aromatic N) is 2. The van der Waals surface area contributed by atoms with Gasteiger partial charge in [0.05, 0.1) is 22.5 Å². The monoisotopic (exact) mass is 642 g/mol. The minimum Gasteiger partial charge on any atom is -0.307 e. The molecule has 2 aromatic carbocycles. The number of anilines is 2. The molecule has 4 nitrogen and oxygen atoms in total. The molecule has 0 saturated carbocycles. The second-order valence-corrected chi connectivity index (χ2v) is 12.6. The van der Waals surface area contributed by atoms with E-state index in [9.17, 15) is 9.59 Å². The standard InChI is InChI=1S/C32H40Br2N2O2/c1-5-9-11-21(7-3)19-35-27-17-23(33)13-15-25(27)29(31(35)37)30-26-16-14-24(34)18-28(26)36(32(30)38)20-22(8-4)12-10-6-2/h13-18,21-22H,5-12,19-20H2,1-4H3/b30-29+/t21-,22+. The number of halogens is 2. The average Bonchev–Trinajstić information content (AvgIpc) is 3.32. The van der Waals surface area contributed by atoms with E-state index in [0.29, 0.717) is 36.1 Å². The van der Waals surface area contributed by atoms with Crippen LogP contribution >= 0.6 is 31.9 Å². The summed E-state index contributed by atoms with van der Waals surface area (Å²) in [5, 5.41) is 0. The van der Waals surface area contributed by atoms with Crippen molar-refractivity contribution in [1.82, 2.24) is 0 Å².